The second-order valence-electron chi connectivity index (χ2n) is 6.52. The second-order valence-corrected chi connectivity index (χ2v) is 6.52. The van der Waals surface area contributed by atoms with Crippen LogP contribution in [0.15, 0.2) is 6.07 Å². The summed E-state index contributed by atoms with van der Waals surface area (Å²) in [5.41, 5.74) is 3.48. The average molecular weight is 271 g/mol. The van der Waals surface area contributed by atoms with Crippen molar-refractivity contribution in [2.75, 3.05) is 31.2 Å². The largest absolute Gasteiger partial charge is 0.378 e. The maximum absolute atomic E-state index is 9.43. The third-order valence-electron chi connectivity index (χ3n) is 4.31. The summed E-state index contributed by atoms with van der Waals surface area (Å²) in [4.78, 5) is 7.00. The van der Waals surface area contributed by atoms with Crippen molar-refractivity contribution in [2.24, 2.45) is 5.41 Å². The number of aromatic nitrogens is 1. The number of nitriles is 1. The van der Waals surface area contributed by atoms with Gasteiger partial charge in [0.25, 0.3) is 0 Å². The lowest BCUT2D eigenvalue weighted by Crippen LogP contribution is -2.37. The summed E-state index contributed by atoms with van der Waals surface area (Å²) in [5.74, 6) is 0.856. The highest BCUT2D eigenvalue weighted by Gasteiger charge is 2.28. The summed E-state index contributed by atoms with van der Waals surface area (Å²) >= 11 is 0. The smallest absolute Gasteiger partial charge is 0.146 e. The van der Waals surface area contributed by atoms with E-state index in [1.54, 1.807) is 0 Å². The third-order valence-corrected chi connectivity index (χ3v) is 4.31. The van der Waals surface area contributed by atoms with Gasteiger partial charge in [0.1, 0.15) is 11.9 Å². The van der Waals surface area contributed by atoms with Crippen LogP contribution < -0.4 is 4.90 Å². The molecule has 0 radical (unpaired) electrons. The first-order chi connectivity index (χ1) is 9.59. The molecular weight excluding hydrogens is 250 g/mol. The first kappa shape index (κ1) is 13.4. The van der Waals surface area contributed by atoms with E-state index < -0.39 is 0 Å². The number of aryl methyl sites for hydroxylation is 1. The second kappa shape index (κ2) is 5.06. The monoisotopic (exact) mass is 271 g/mol. The standard InChI is InChI=1S/C16H21N3O/c1-16(2)4-3-14-12(10-16)9-13(11-17)15(18-14)19-5-7-20-8-6-19/h9H,3-8,10H2,1-2H3. The fraction of sp³-hybridized carbons (Fsp3) is 0.625. The number of hydrogen-bond acceptors (Lipinski definition) is 4. The van der Waals surface area contributed by atoms with Gasteiger partial charge < -0.3 is 9.64 Å². The fourth-order valence-corrected chi connectivity index (χ4v) is 3.11. The average Bonchev–Trinajstić information content (AvgIpc) is 2.46. The van der Waals surface area contributed by atoms with Crippen LogP contribution in [0.2, 0.25) is 0 Å². The van der Waals surface area contributed by atoms with Crippen molar-refractivity contribution in [1.29, 1.82) is 5.26 Å². The highest BCUT2D eigenvalue weighted by atomic mass is 16.5. The number of ether oxygens (including phenoxy) is 1. The molecule has 4 heteroatoms. The highest BCUT2D eigenvalue weighted by Crippen LogP contribution is 2.35. The number of pyridine rings is 1. The number of hydrogen-bond donors (Lipinski definition) is 0. The Morgan fingerprint density at radius 2 is 2.10 bits per heavy atom. The van der Waals surface area contributed by atoms with Crippen molar-refractivity contribution < 1.29 is 4.74 Å². The van der Waals surface area contributed by atoms with Crippen molar-refractivity contribution in [3.05, 3.63) is 22.9 Å². The van der Waals surface area contributed by atoms with Crippen LogP contribution in [0.4, 0.5) is 5.82 Å². The van der Waals surface area contributed by atoms with Crippen LogP contribution in [0.25, 0.3) is 0 Å². The van der Waals surface area contributed by atoms with Gasteiger partial charge >= 0.3 is 0 Å². The van der Waals surface area contributed by atoms with Crippen LogP contribution in [0, 0.1) is 16.7 Å². The van der Waals surface area contributed by atoms with Crippen LogP contribution in [-0.2, 0) is 17.6 Å². The van der Waals surface area contributed by atoms with E-state index in [-0.39, 0.29) is 0 Å². The normalized spacial score (nSPS) is 21.1. The zero-order valence-corrected chi connectivity index (χ0v) is 12.3. The first-order valence-electron chi connectivity index (χ1n) is 7.35. The van der Waals surface area contributed by atoms with Gasteiger partial charge in [0, 0.05) is 18.8 Å². The van der Waals surface area contributed by atoms with Crippen molar-refractivity contribution in [3.63, 3.8) is 0 Å². The van der Waals surface area contributed by atoms with E-state index in [2.05, 4.69) is 30.9 Å². The van der Waals surface area contributed by atoms with Gasteiger partial charge in [-0.2, -0.15) is 5.26 Å². The van der Waals surface area contributed by atoms with Crippen molar-refractivity contribution in [2.45, 2.75) is 33.1 Å². The Balaban J connectivity index is 1.98. The molecule has 0 bridgehead atoms. The topological polar surface area (TPSA) is 49.2 Å². The molecular formula is C16H21N3O. The van der Waals surface area contributed by atoms with Crippen LogP contribution in [0.3, 0.4) is 0 Å². The molecule has 1 fully saturated rings. The minimum Gasteiger partial charge on any atom is -0.378 e. The Hall–Kier alpha value is -1.60. The maximum atomic E-state index is 9.43. The van der Waals surface area contributed by atoms with Crippen molar-refractivity contribution >= 4 is 5.82 Å². The van der Waals surface area contributed by atoms with Crippen LogP contribution in [0.5, 0.6) is 0 Å². The highest BCUT2D eigenvalue weighted by molar-refractivity contribution is 5.56. The van der Waals surface area contributed by atoms with Gasteiger partial charge in [-0.3, -0.25) is 0 Å². The van der Waals surface area contributed by atoms with E-state index in [9.17, 15) is 5.26 Å². The van der Waals surface area contributed by atoms with Gasteiger partial charge in [-0.1, -0.05) is 13.8 Å². The minimum absolute atomic E-state index is 0.321. The molecule has 2 aliphatic rings. The number of nitrogens with zero attached hydrogens (tertiary/aromatic N) is 3. The predicted molar refractivity (Wildman–Crippen MR) is 77.8 cm³/mol. The van der Waals surface area contributed by atoms with E-state index >= 15 is 0 Å². The molecule has 20 heavy (non-hydrogen) atoms. The van der Waals surface area contributed by atoms with Crippen LogP contribution in [0.1, 0.15) is 37.1 Å². The lowest BCUT2D eigenvalue weighted by molar-refractivity contribution is 0.122. The molecule has 0 amide bonds. The summed E-state index contributed by atoms with van der Waals surface area (Å²) in [6.07, 6.45) is 3.21. The van der Waals surface area contributed by atoms with Gasteiger partial charge in [-0.15, -0.1) is 0 Å². The van der Waals surface area contributed by atoms with Gasteiger partial charge in [0.15, 0.2) is 0 Å². The molecule has 2 heterocycles. The molecule has 1 aliphatic heterocycles. The van der Waals surface area contributed by atoms with E-state index in [0.717, 1.165) is 45.0 Å². The van der Waals surface area contributed by atoms with Gasteiger partial charge in [0.05, 0.1) is 18.8 Å². The molecule has 4 nitrogen and oxygen atoms in total. The van der Waals surface area contributed by atoms with E-state index in [0.29, 0.717) is 11.0 Å². The zero-order valence-electron chi connectivity index (χ0n) is 12.3. The Bertz CT molecular complexity index is 554. The Morgan fingerprint density at radius 1 is 1.35 bits per heavy atom. The SMILES string of the molecule is CC1(C)CCc2nc(N3CCOCC3)c(C#N)cc2C1. The first-order valence-corrected chi connectivity index (χ1v) is 7.35. The molecule has 0 atom stereocenters. The maximum Gasteiger partial charge on any atom is 0.146 e. The van der Waals surface area contributed by atoms with Crippen molar-refractivity contribution in [3.8, 4) is 6.07 Å². The predicted octanol–water partition coefficient (Wildman–Crippen LogP) is 2.30. The molecule has 0 saturated carbocycles. The molecule has 0 spiro atoms. The Kier molecular flexibility index (Phi) is 3.39. The Morgan fingerprint density at radius 3 is 2.80 bits per heavy atom. The molecule has 0 unspecified atom stereocenters. The summed E-state index contributed by atoms with van der Waals surface area (Å²) in [5, 5.41) is 9.43. The number of anilines is 1. The molecule has 0 aromatic carbocycles. The molecule has 106 valence electrons. The quantitative estimate of drug-likeness (QED) is 0.786. The number of rotatable bonds is 1. The minimum atomic E-state index is 0.321. The molecule has 1 saturated heterocycles. The molecule has 1 aromatic heterocycles. The molecule has 1 aromatic rings. The lowest BCUT2D eigenvalue weighted by atomic mass is 9.76. The zero-order chi connectivity index (χ0) is 14.2. The molecule has 1 aliphatic carbocycles. The van der Waals surface area contributed by atoms with E-state index in [1.807, 2.05) is 0 Å². The van der Waals surface area contributed by atoms with Gasteiger partial charge in [-0.25, -0.2) is 4.98 Å². The number of morpholine rings is 1. The summed E-state index contributed by atoms with van der Waals surface area (Å²) in [7, 11) is 0. The summed E-state index contributed by atoms with van der Waals surface area (Å²) < 4.78 is 5.38. The lowest BCUT2D eigenvalue weighted by Gasteiger charge is -2.33. The van der Waals surface area contributed by atoms with Gasteiger partial charge in [0.2, 0.25) is 0 Å². The van der Waals surface area contributed by atoms with E-state index in [1.165, 1.54) is 17.7 Å². The fourth-order valence-electron chi connectivity index (χ4n) is 3.11. The summed E-state index contributed by atoms with van der Waals surface area (Å²) in [6, 6.07) is 4.39. The Labute approximate surface area is 120 Å². The van der Waals surface area contributed by atoms with Crippen LogP contribution in [-0.4, -0.2) is 31.3 Å². The third kappa shape index (κ3) is 2.51. The van der Waals surface area contributed by atoms with Crippen molar-refractivity contribution in [1.82, 2.24) is 4.98 Å². The number of fused-ring (bicyclic) bond motifs is 1. The summed E-state index contributed by atoms with van der Waals surface area (Å²) in [6.45, 7) is 7.67. The van der Waals surface area contributed by atoms with E-state index in [4.69, 9.17) is 9.72 Å². The molecule has 0 N–H and O–H groups in total. The van der Waals surface area contributed by atoms with Crippen LogP contribution >= 0.6 is 0 Å². The van der Waals surface area contributed by atoms with Gasteiger partial charge in [-0.05, 0) is 36.3 Å². The molecule has 3 rings (SSSR count).